The van der Waals surface area contributed by atoms with E-state index in [-0.39, 0.29) is 12.3 Å². The number of amides is 1. The van der Waals surface area contributed by atoms with Crippen LogP contribution in [0.5, 0.6) is 0 Å². The third kappa shape index (κ3) is 3.80. The van der Waals surface area contributed by atoms with Crippen LogP contribution in [-0.4, -0.2) is 11.8 Å². The fraction of sp³-hybridized carbons (Fsp3) is 0.462. The zero-order valence-corrected chi connectivity index (χ0v) is 10.3. The molecule has 1 amide bonds. The van der Waals surface area contributed by atoms with Crippen molar-refractivity contribution in [1.82, 2.24) is 5.32 Å². The van der Waals surface area contributed by atoms with E-state index in [0.29, 0.717) is 5.56 Å². The first-order valence-electron chi connectivity index (χ1n) is 5.58. The average Bonchev–Trinajstić information content (AvgIpc) is 2.25. The highest BCUT2D eigenvalue weighted by atomic mass is 19.3. The van der Waals surface area contributed by atoms with Crippen molar-refractivity contribution in [3.05, 3.63) is 35.4 Å². The molecule has 1 aromatic rings. The molecule has 1 N–H and O–H groups in total. The fourth-order valence-corrected chi connectivity index (χ4v) is 1.52. The Hall–Kier alpha value is -1.45. The van der Waals surface area contributed by atoms with Crippen LogP contribution in [0.4, 0.5) is 8.78 Å². The highest BCUT2D eigenvalue weighted by molar-refractivity contribution is 5.76. The molecule has 0 aliphatic carbocycles. The first kappa shape index (κ1) is 13.6. The van der Waals surface area contributed by atoms with Gasteiger partial charge in [-0.1, -0.05) is 36.8 Å². The smallest absolute Gasteiger partial charge is 0.269 e. The highest BCUT2D eigenvalue weighted by Crippen LogP contribution is 2.30. The van der Waals surface area contributed by atoms with Gasteiger partial charge in [0.2, 0.25) is 5.91 Å². The SMILES string of the molecule is CCC(=O)NC(c1ccc(C)cc1)C(C)(F)F. The van der Waals surface area contributed by atoms with Gasteiger partial charge in [0.25, 0.3) is 5.92 Å². The van der Waals surface area contributed by atoms with Crippen molar-refractivity contribution in [3.63, 3.8) is 0 Å². The standard InChI is InChI=1S/C13H17F2NO/c1-4-11(17)16-12(13(3,14)15)10-7-5-9(2)6-8-10/h5-8,12H,4H2,1-3H3,(H,16,17). The van der Waals surface area contributed by atoms with E-state index in [1.807, 2.05) is 6.92 Å². The summed E-state index contributed by atoms with van der Waals surface area (Å²) in [5.41, 5.74) is 1.42. The number of nitrogens with one attached hydrogen (secondary N) is 1. The zero-order valence-electron chi connectivity index (χ0n) is 10.3. The number of aryl methyl sites for hydroxylation is 1. The van der Waals surface area contributed by atoms with Crippen LogP contribution in [0.2, 0.25) is 0 Å². The summed E-state index contributed by atoms with van der Waals surface area (Å²) in [5, 5.41) is 2.35. The highest BCUT2D eigenvalue weighted by Gasteiger charge is 2.36. The van der Waals surface area contributed by atoms with Crippen LogP contribution in [0.15, 0.2) is 24.3 Å². The molecule has 0 aromatic heterocycles. The van der Waals surface area contributed by atoms with E-state index < -0.39 is 12.0 Å². The van der Waals surface area contributed by atoms with Crippen molar-refractivity contribution < 1.29 is 13.6 Å². The van der Waals surface area contributed by atoms with Gasteiger partial charge in [-0.25, -0.2) is 8.78 Å². The monoisotopic (exact) mass is 241 g/mol. The van der Waals surface area contributed by atoms with E-state index in [0.717, 1.165) is 12.5 Å². The second-order valence-corrected chi connectivity index (χ2v) is 4.22. The van der Waals surface area contributed by atoms with E-state index >= 15 is 0 Å². The molecule has 4 heteroatoms. The van der Waals surface area contributed by atoms with E-state index in [1.165, 1.54) is 0 Å². The first-order chi connectivity index (χ1) is 7.84. The molecule has 0 bridgehead atoms. The largest absolute Gasteiger partial charge is 0.343 e. The average molecular weight is 241 g/mol. The van der Waals surface area contributed by atoms with E-state index in [2.05, 4.69) is 5.32 Å². The molecule has 0 saturated heterocycles. The molecule has 0 saturated carbocycles. The molecule has 0 radical (unpaired) electrons. The van der Waals surface area contributed by atoms with Crippen molar-refractivity contribution in [2.45, 2.75) is 39.2 Å². The summed E-state index contributed by atoms with van der Waals surface area (Å²) in [7, 11) is 0. The molecule has 0 heterocycles. The van der Waals surface area contributed by atoms with Crippen LogP contribution < -0.4 is 5.32 Å². The predicted molar refractivity (Wildman–Crippen MR) is 63.0 cm³/mol. The van der Waals surface area contributed by atoms with E-state index in [1.54, 1.807) is 31.2 Å². The number of hydrogen-bond acceptors (Lipinski definition) is 1. The molecule has 2 nitrogen and oxygen atoms in total. The minimum absolute atomic E-state index is 0.193. The lowest BCUT2D eigenvalue weighted by atomic mass is 10.00. The summed E-state index contributed by atoms with van der Waals surface area (Å²) < 4.78 is 26.9. The van der Waals surface area contributed by atoms with E-state index in [9.17, 15) is 13.6 Å². The van der Waals surface area contributed by atoms with Gasteiger partial charge in [0.05, 0.1) is 0 Å². The summed E-state index contributed by atoms with van der Waals surface area (Å²) >= 11 is 0. The number of carbonyl (C=O) groups is 1. The van der Waals surface area contributed by atoms with Crippen molar-refractivity contribution in [2.75, 3.05) is 0 Å². The van der Waals surface area contributed by atoms with Gasteiger partial charge < -0.3 is 5.32 Å². The third-order valence-corrected chi connectivity index (χ3v) is 2.54. The van der Waals surface area contributed by atoms with Gasteiger partial charge in [-0.05, 0) is 12.5 Å². The maximum Gasteiger partial charge on any atom is 0.269 e. The quantitative estimate of drug-likeness (QED) is 0.861. The number of carbonyl (C=O) groups excluding carboxylic acids is 1. The molecule has 17 heavy (non-hydrogen) atoms. The summed E-state index contributed by atoms with van der Waals surface area (Å²) in [6.45, 7) is 4.33. The van der Waals surface area contributed by atoms with E-state index in [4.69, 9.17) is 0 Å². The Balaban J connectivity index is 2.98. The Morgan fingerprint density at radius 3 is 2.29 bits per heavy atom. The molecule has 94 valence electrons. The van der Waals surface area contributed by atoms with Gasteiger partial charge in [0.15, 0.2) is 0 Å². The first-order valence-corrected chi connectivity index (χ1v) is 5.58. The lowest BCUT2D eigenvalue weighted by Gasteiger charge is -2.25. The number of rotatable bonds is 4. The Morgan fingerprint density at radius 1 is 1.35 bits per heavy atom. The third-order valence-electron chi connectivity index (χ3n) is 2.54. The molecule has 0 aliphatic heterocycles. The van der Waals surface area contributed by atoms with Crippen molar-refractivity contribution in [2.24, 2.45) is 0 Å². The molecular formula is C13H17F2NO. The Morgan fingerprint density at radius 2 is 1.88 bits per heavy atom. The minimum atomic E-state index is -2.99. The van der Waals surface area contributed by atoms with Crippen LogP contribution in [0, 0.1) is 6.92 Å². The van der Waals surface area contributed by atoms with Crippen molar-refractivity contribution in [1.29, 1.82) is 0 Å². The molecule has 0 fully saturated rings. The summed E-state index contributed by atoms with van der Waals surface area (Å²) in [6.07, 6.45) is 0.193. The van der Waals surface area contributed by atoms with Crippen molar-refractivity contribution in [3.8, 4) is 0 Å². The van der Waals surface area contributed by atoms with Gasteiger partial charge in [-0.2, -0.15) is 0 Å². The molecular weight excluding hydrogens is 224 g/mol. The summed E-state index contributed by atoms with van der Waals surface area (Å²) in [4.78, 5) is 11.3. The van der Waals surface area contributed by atoms with Crippen LogP contribution in [0.25, 0.3) is 0 Å². The fourth-order valence-electron chi connectivity index (χ4n) is 1.52. The molecule has 1 rings (SSSR count). The topological polar surface area (TPSA) is 29.1 Å². The van der Waals surface area contributed by atoms with Crippen LogP contribution >= 0.6 is 0 Å². The number of benzene rings is 1. The number of hydrogen-bond donors (Lipinski definition) is 1. The second-order valence-electron chi connectivity index (χ2n) is 4.22. The second kappa shape index (κ2) is 5.25. The van der Waals surface area contributed by atoms with Crippen molar-refractivity contribution >= 4 is 5.91 Å². The summed E-state index contributed by atoms with van der Waals surface area (Å²) in [5.74, 6) is -3.36. The number of halogens is 2. The number of alkyl halides is 2. The molecule has 0 aliphatic rings. The van der Waals surface area contributed by atoms with Gasteiger partial charge in [-0.15, -0.1) is 0 Å². The van der Waals surface area contributed by atoms with Gasteiger partial charge in [0.1, 0.15) is 6.04 Å². The Bertz CT molecular complexity index is 381. The lowest BCUT2D eigenvalue weighted by molar-refractivity contribution is -0.125. The molecule has 0 spiro atoms. The lowest BCUT2D eigenvalue weighted by Crippen LogP contribution is -2.38. The normalized spacial score (nSPS) is 13.2. The zero-order chi connectivity index (χ0) is 13.1. The van der Waals surface area contributed by atoms with Crippen LogP contribution in [0.1, 0.15) is 37.4 Å². The maximum atomic E-state index is 13.5. The Kier molecular flexibility index (Phi) is 4.21. The Labute approximate surface area is 100 Å². The minimum Gasteiger partial charge on any atom is -0.343 e. The molecule has 1 unspecified atom stereocenters. The summed E-state index contributed by atoms with van der Waals surface area (Å²) in [6, 6.07) is 5.48. The van der Waals surface area contributed by atoms with Crippen LogP contribution in [0.3, 0.4) is 0 Å². The van der Waals surface area contributed by atoms with Gasteiger partial charge >= 0.3 is 0 Å². The van der Waals surface area contributed by atoms with Gasteiger partial charge in [-0.3, -0.25) is 4.79 Å². The van der Waals surface area contributed by atoms with Gasteiger partial charge in [0, 0.05) is 13.3 Å². The molecule has 1 atom stereocenters. The predicted octanol–water partition coefficient (Wildman–Crippen LogP) is 3.22. The maximum absolute atomic E-state index is 13.5. The molecule has 1 aromatic carbocycles. The van der Waals surface area contributed by atoms with Crippen LogP contribution in [-0.2, 0) is 4.79 Å².